The van der Waals surface area contributed by atoms with Gasteiger partial charge in [-0.25, -0.2) is 0 Å². The zero-order valence-corrected chi connectivity index (χ0v) is 18.4. The SMILES string of the molecule is COc1ccc(OC)c(-n2c(O)c(C3NCCc4c3[nH]c3ccccc43)c(=O)[nH]c2=S)c1. The van der Waals surface area contributed by atoms with Crippen LogP contribution >= 0.6 is 12.2 Å². The van der Waals surface area contributed by atoms with Gasteiger partial charge in [0.1, 0.15) is 17.1 Å². The first-order chi connectivity index (χ1) is 15.5. The summed E-state index contributed by atoms with van der Waals surface area (Å²) in [4.78, 5) is 19.2. The third-order valence-electron chi connectivity index (χ3n) is 5.90. The summed E-state index contributed by atoms with van der Waals surface area (Å²) < 4.78 is 12.3. The number of nitrogens with zero attached hydrogens (tertiary/aromatic N) is 1. The predicted molar refractivity (Wildman–Crippen MR) is 124 cm³/mol. The number of H-pyrrole nitrogens is 2. The molecule has 0 saturated carbocycles. The number of benzene rings is 2. The predicted octanol–water partition coefficient (Wildman–Crippen LogP) is 3.33. The summed E-state index contributed by atoms with van der Waals surface area (Å²) in [5.41, 5.74) is 3.17. The molecule has 2 aromatic carbocycles. The van der Waals surface area contributed by atoms with E-state index < -0.39 is 11.6 Å². The van der Waals surface area contributed by atoms with Crippen LogP contribution in [0, 0.1) is 4.77 Å². The number of aromatic nitrogens is 3. The van der Waals surface area contributed by atoms with Crippen LogP contribution in [0.25, 0.3) is 16.6 Å². The average molecular weight is 451 g/mol. The number of fused-ring (bicyclic) bond motifs is 3. The van der Waals surface area contributed by atoms with Crippen molar-refractivity contribution in [2.45, 2.75) is 12.5 Å². The normalized spacial score (nSPS) is 15.5. The van der Waals surface area contributed by atoms with Crippen molar-refractivity contribution in [2.24, 2.45) is 0 Å². The molecule has 32 heavy (non-hydrogen) atoms. The van der Waals surface area contributed by atoms with Crippen LogP contribution < -0.4 is 20.3 Å². The minimum atomic E-state index is -0.534. The highest BCUT2D eigenvalue weighted by atomic mass is 32.1. The Hall–Kier alpha value is -3.56. The van der Waals surface area contributed by atoms with Crippen molar-refractivity contribution >= 4 is 23.1 Å². The quantitative estimate of drug-likeness (QED) is 0.356. The molecule has 1 unspecified atom stereocenters. The van der Waals surface area contributed by atoms with Gasteiger partial charge in [-0.05, 0) is 42.4 Å². The Kier molecular flexibility index (Phi) is 4.99. The Bertz CT molecular complexity index is 1450. The first-order valence-corrected chi connectivity index (χ1v) is 10.6. The molecule has 4 aromatic rings. The van der Waals surface area contributed by atoms with Crippen LogP contribution in [0.5, 0.6) is 17.4 Å². The van der Waals surface area contributed by atoms with Gasteiger partial charge in [0.15, 0.2) is 4.77 Å². The smallest absolute Gasteiger partial charge is 0.260 e. The van der Waals surface area contributed by atoms with E-state index in [2.05, 4.69) is 21.4 Å². The fraction of sp³-hybridized carbons (Fsp3) is 0.217. The molecule has 0 fully saturated rings. The Morgan fingerprint density at radius 1 is 1.12 bits per heavy atom. The van der Waals surface area contributed by atoms with Gasteiger partial charge in [-0.15, -0.1) is 0 Å². The Balaban J connectivity index is 1.76. The lowest BCUT2D eigenvalue weighted by Gasteiger charge is -2.26. The lowest BCUT2D eigenvalue weighted by atomic mass is 9.95. The monoisotopic (exact) mass is 450 g/mol. The second-order valence-corrected chi connectivity index (χ2v) is 7.96. The van der Waals surface area contributed by atoms with E-state index in [1.165, 1.54) is 11.7 Å². The van der Waals surface area contributed by atoms with Gasteiger partial charge < -0.3 is 24.9 Å². The van der Waals surface area contributed by atoms with Crippen LogP contribution in [0.15, 0.2) is 47.3 Å². The summed E-state index contributed by atoms with van der Waals surface area (Å²) in [6.07, 6.45) is 0.817. The zero-order valence-electron chi connectivity index (χ0n) is 17.6. The molecule has 1 aliphatic rings. The van der Waals surface area contributed by atoms with E-state index in [4.69, 9.17) is 21.7 Å². The topological polar surface area (TPSA) is 104 Å². The van der Waals surface area contributed by atoms with Crippen molar-refractivity contribution in [2.75, 3.05) is 20.8 Å². The molecule has 0 aliphatic carbocycles. The van der Waals surface area contributed by atoms with E-state index in [1.54, 1.807) is 25.3 Å². The van der Waals surface area contributed by atoms with E-state index in [0.717, 1.165) is 28.6 Å². The Morgan fingerprint density at radius 2 is 1.94 bits per heavy atom. The second-order valence-electron chi connectivity index (χ2n) is 7.57. The fourth-order valence-corrected chi connectivity index (χ4v) is 4.70. The van der Waals surface area contributed by atoms with E-state index in [-0.39, 0.29) is 16.2 Å². The average Bonchev–Trinajstić information content (AvgIpc) is 3.18. The van der Waals surface area contributed by atoms with Crippen LogP contribution in [0.3, 0.4) is 0 Å². The largest absolute Gasteiger partial charge is 0.497 e. The molecule has 9 heteroatoms. The van der Waals surface area contributed by atoms with Gasteiger partial charge in [-0.2, -0.15) is 0 Å². The minimum Gasteiger partial charge on any atom is -0.497 e. The Labute approximate surface area is 188 Å². The van der Waals surface area contributed by atoms with Crippen LogP contribution in [-0.2, 0) is 6.42 Å². The number of hydrogen-bond acceptors (Lipinski definition) is 6. The number of hydrogen-bond donors (Lipinski definition) is 4. The van der Waals surface area contributed by atoms with Crippen LogP contribution in [-0.4, -0.2) is 40.4 Å². The number of para-hydroxylation sites is 1. The maximum Gasteiger partial charge on any atom is 0.260 e. The lowest BCUT2D eigenvalue weighted by Crippen LogP contribution is -2.35. The molecule has 0 radical (unpaired) electrons. The molecule has 2 aromatic heterocycles. The standard InChI is InChI=1S/C23H22N4O4S/c1-30-12-7-8-17(31-2)16(11-12)27-22(29)18(21(28)26-23(27)32)20-19-14(9-10-24-20)13-5-3-4-6-15(13)25-19/h3-8,11,20,24-25,29H,9-10H2,1-2H3,(H,26,28,32). The zero-order chi connectivity index (χ0) is 22.4. The van der Waals surface area contributed by atoms with Crippen LogP contribution in [0.1, 0.15) is 22.9 Å². The van der Waals surface area contributed by atoms with Crippen molar-refractivity contribution in [3.8, 4) is 23.1 Å². The van der Waals surface area contributed by atoms with Gasteiger partial charge in [0.2, 0.25) is 5.88 Å². The number of ether oxygens (including phenoxy) is 2. The van der Waals surface area contributed by atoms with Gasteiger partial charge in [-0.3, -0.25) is 14.3 Å². The van der Waals surface area contributed by atoms with Gasteiger partial charge in [0.05, 0.1) is 25.9 Å². The number of nitrogens with one attached hydrogen (secondary N) is 3. The molecule has 0 amide bonds. The van der Waals surface area contributed by atoms with Crippen molar-refractivity contribution < 1.29 is 14.6 Å². The second kappa shape index (κ2) is 7.85. The molecule has 0 bridgehead atoms. The van der Waals surface area contributed by atoms with Gasteiger partial charge in [-0.1, -0.05) is 18.2 Å². The first-order valence-electron chi connectivity index (χ1n) is 10.2. The van der Waals surface area contributed by atoms with E-state index in [9.17, 15) is 9.90 Å². The van der Waals surface area contributed by atoms with Gasteiger partial charge in [0.25, 0.3) is 5.56 Å². The summed E-state index contributed by atoms with van der Waals surface area (Å²) in [6.45, 7) is 0.663. The molecule has 1 aliphatic heterocycles. The number of methoxy groups -OCH3 is 2. The molecule has 5 rings (SSSR count). The van der Waals surface area contributed by atoms with Crippen LogP contribution in [0.4, 0.5) is 0 Å². The van der Waals surface area contributed by atoms with E-state index >= 15 is 0 Å². The van der Waals surface area contributed by atoms with Gasteiger partial charge >= 0.3 is 0 Å². The first kappa shape index (κ1) is 20.3. The molecule has 4 N–H and O–H groups in total. The van der Waals surface area contributed by atoms with Gasteiger partial charge in [0, 0.05) is 29.2 Å². The number of aromatic hydroxyl groups is 1. The van der Waals surface area contributed by atoms with Crippen molar-refractivity contribution in [3.05, 3.63) is 74.4 Å². The minimum absolute atomic E-state index is 0.0514. The molecule has 0 saturated heterocycles. The van der Waals surface area contributed by atoms with Crippen molar-refractivity contribution in [1.29, 1.82) is 0 Å². The Morgan fingerprint density at radius 3 is 2.72 bits per heavy atom. The fourth-order valence-electron chi connectivity index (χ4n) is 4.42. The molecule has 1 atom stereocenters. The van der Waals surface area contributed by atoms with Crippen molar-refractivity contribution in [1.82, 2.24) is 19.9 Å². The highest BCUT2D eigenvalue weighted by Gasteiger charge is 2.31. The third-order valence-corrected chi connectivity index (χ3v) is 6.18. The maximum absolute atomic E-state index is 13.0. The molecule has 0 spiro atoms. The molecule has 3 heterocycles. The molecular formula is C23H22N4O4S. The highest BCUT2D eigenvalue weighted by molar-refractivity contribution is 7.71. The highest BCUT2D eigenvalue weighted by Crippen LogP contribution is 2.37. The van der Waals surface area contributed by atoms with Crippen LogP contribution in [0.2, 0.25) is 0 Å². The number of aromatic amines is 2. The maximum atomic E-state index is 13.0. The summed E-state index contributed by atoms with van der Waals surface area (Å²) in [5, 5.41) is 15.9. The summed E-state index contributed by atoms with van der Waals surface area (Å²) in [5.74, 6) is 0.774. The molecule has 164 valence electrons. The lowest BCUT2D eigenvalue weighted by molar-refractivity contribution is 0.389. The van der Waals surface area contributed by atoms with E-state index in [0.29, 0.717) is 23.7 Å². The van der Waals surface area contributed by atoms with E-state index in [1.807, 2.05) is 18.2 Å². The van der Waals surface area contributed by atoms with Crippen molar-refractivity contribution in [3.63, 3.8) is 0 Å². The number of rotatable bonds is 4. The molecule has 8 nitrogen and oxygen atoms in total. The molecular weight excluding hydrogens is 428 g/mol. The third kappa shape index (κ3) is 3.09. The summed E-state index contributed by atoms with van der Waals surface area (Å²) in [7, 11) is 3.07. The summed E-state index contributed by atoms with van der Waals surface area (Å²) in [6, 6.07) is 12.6. The summed E-state index contributed by atoms with van der Waals surface area (Å²) >= 11 is 5.41.